The van der Waals surface area contributed by atoms with E-state index in [0.717, 1.165) is 6.42 Å². The third-order valence-electron chi connectivity index (χ3n) is 4.63. The van der Waals surface area contributed by atoms with Gasteiger partial charge in [0.15, 0.2) is 0 Å². The Morgan fingerprint density at radius 3 is 2.56 bits per heavy atom. The van der Waals surface area contributed by atoms with Gasteiger partial charge >= 0.3 is 5.97 Å². The maximum atomic E-state index is 12.0. The Morgan fingerprint density at radius 2 is 1.96 bits per heavy atom. The van der Waals surface area contributed by atoms with E-state index in [2.05, 4.69) is 5.32 Å². The van der Waals surface area contributed by atoms with Crippen LogP contribution in [0.4, 0.5) is 5.69 Å². The second-order valence-corrected chi connectivity index (χ2v) is 6.54. The van der Waals surface area contributed by atoms with Gasteiger partial charge in [0.1, 0.15) is 11.9 Å². The Hall–Kier alpha value is -2.08. The van der Waals surface area contributed by atoms with Crippen molar-refractivity contribution in [3.8, 4) is 5.75 Å². The Labute approximate surface area is 148 Å². The molecule has 4 unspecified atom stereocenters. The van der Waals surface area contributed by atoms with E-state index in [9.17, 15) is 14.7 Å². The fraction of sp³-hybridized carbons (Fsp3) is 0.579. The molecule has 1 saturated carbocycles. The van der Waals surface area contributed by atoms with Crippen molar-refractivity contribution in [2.24, 2.45) is 11.8 Å². The number of carbonyl (C=O) groups is 2. The number of ether oxygens (including phenoxy) is 2. The number of hydrogen-bond donors (Lipinski definition) is 2. The summed E-state index contributed by atoms with van der Waals surface area (Å²) in [5.74, 6) is 0.226. The minimum Gasteiger partial charge on any atom is -0.488 e. The van der Waals surface area contributed by atoms with Gasteiger partial charge in [-0.15, -0.1) is 0 Å². The van der Waals surface area contributed by atoms with Crippen molar-refractivity contribution in [3.05, 3.63) is 24.3 Å². The molecule has 0 spiro atoms. The van der Waals surface area contributed by atoms with Crippen molar-refractivity contribution >= 4 is 17.6 Å². The molecule has 138 valence electrons. The Balaban J connectivity index is 1.97. The number of benzene rings is 1. The van der Waals surface area contributed by atoms with Crippen LogP contribution in [-0.4, -0.2) is 35.8 Å². The number of amides is 1. The molecule has 6 heteroatoms. The molecule has 1 aromatic carbocycles. The van der Waals surface area contributed by atoms with Gasteiger partial charge in [0.25, 0.3) is 0 Å². The van der Waals surface area contributed by atoms with Gasteiger partial charge in [-0.05, 0) is 56.4 Å². The van der Waals surface area contributed by atoms with Gasteiger partial charge in [-0.25, -0.2) is 0 Å². The van der Waals surface area contributed by atoms with Crippen LogP contribution in [-0.2, 0) is 14.3 Å². The van der Waals surface area contributed by atoms with E-state index < -0.39 is 6.10 Å². The number of aliphatic hydroxyl groups excluding tert-OH is 1. The van der Waals surface area contributed by atoms with E-state index in [-0.39, 0.29) is 29.8 Å². The minimum atomic E-state index is -0.555. The van der Waals surface area contributed by atoms with Crippen LogP contribution in [0.5, 0.6) is 5.75 Å². The smallest absolute Gasteiger partial charge is 0.308 e. The largest absolute Gasteiger partial charge is 0.488 e. The van der Waals surface area contributed by atoms with Crippen LogP contribution < -0.4 is 10.1 Å². The van der Waals surface area contributed by atoms with Crippen LogP contribution in [0.15, 0.2) is 24.3 Å². The van der Waals surface area contributed by atoms with Crippen molar-refractivity contribution in [3.63, 3.8) is 0 Å². The first-order chi connectivity index (χ1) is 11.9. The van der Waals surface area contributed by atoms with E-state index >= 15 is 0 Å². The normalized spacial score (nSPS) is 24.2. The van der Waals surface area contributed by atoms with Crippen LogP contribution in [0.3, 0.4) is 0 Å². The van der Waals surface area contributed by atoms with Gasteiger partial charge in [0.2, 0.25) is 5.91 Å². The van der Waals surface area contributed by atoms with Gasteiger partial charge in [-0.3, -0.25) is 9.59 Å². The number of esters is 1. The van der Waals surface area contributed by atoms with Crippen LogP contribution in [0, 0.1) is 11.8 Å². The molecule has 0 saturated heterocycles. The summed E-state index contributed by atoms with van der Waals surface area (Å²) in [5, 5.41) is 12.9. The third-order valence-corrected chi connectivity index (χ3v) is 4.63. The standard InChI is InChI=1S/C19H27NO5/c1-4-24-19(23)12(2)14-5-10-17(22)18(11-14)25-16-8-6-15(7-9-16)20-13(3)21/h6-9,12,14,17-18,22H,4-5,10-11H2,1-3H3,(H,20,21). The molecule has 1 fully saturated rings. The number of rotatable bonds is 6. The maximum absolute atomic E-state index is 12.0. The summed E-state index contributed by atoms with van der Waals surface area (Å²) in [5.41, 5.74) is 0.692. The second kappa shape index (κ2) is 8.85. The summed E-state index contributed by atoms with van der Waals surface area (Å²) in [7, 11) is 0. The van der Waals surface area contributed by atoms with E-state index in [4.69, 9.17) is 9.47 Å². The summed E-state index contributed by atoms with van der Waals surface area (Å²) < 4.78 is 11.0. The first-order valence-corrected chi connectivity index (χ1v) is 8.79. The first kappa shape index (κ1) is 19.2. The number of nitrogens with one attached hydrogen (secondary N) is 1. The van der Waals surface area contributed by atoms with Gasteiger partial charge in [-0.1, -0.05) is 6.92 Å². The number of aliphatic hydroxyl groups is 1. The van der Waals surface area contributed by atoms with Crippen molar-refractivity contribution in [1.82, 2.24) is 0 Å². The molecule has 1 aromatic rings. The van der Waals surface area contributed by atoms with Crippen LogP contribution >= 0.6 is 0 Å². The van der Waals surface area contributed by atoms with Gasteiger partial charge < -0.3 is 19.9 Å². The molecule has 0 aromatic heterocycles. The molecule has 0 heterocycles. The highest BCUT2D eigenvalue weighted by Gasteiger charge is 2.36. The zero-order valence-electron chi connectivity index (χ0n) is 15.0. The molecule has 0 radical (unpaired) electrons. The van der Waals surface area contributed by atoms with Crippen molar-refractivity contribution in [1.29, 1.82) is 0 Å². The quantitative estimate of drug-likeness (QED) is 0.772. The summed E-state index contributed by atoms with van der Waals surface area (Å²) >= 11 is 0. The lowest BCUT2D eigenvalue weighted by Crippen LogP contribution is -2.41. The van der Waals surface area contributed by atoms with Gasteiger partial charge in [-0.2, -0.15) is 0 Å². The lowest BCUT2D eigenvalue weighted by Gasteiger charge is -2.35. The van der Waals surface area contributed by atoms with Crippen LogP contribution in [0.2, 0.25) is 0 Å². The van der Waals surface area contributed by atoms with E-state index in [1.54, 1.807) is 31.2 Å². The maximum Gasteiger partial charge on any atom is 0.308 e. The topological polar surface area (TPSA) is 84.9 Å². The van der Waals surface area contributed by atoms with Crippen molar-refractivity contribution in [2.75, 3.05) is 11.9 Å². The molecule has 1 amide bonds. The average molecular weight is 349 g/mol. The van der Waals surface area contributed by atoms with Crippen LogP contribution in [0.1, 0.15) is 40.0 Å². The molecular weight excluding hydrogens is 322 g/mol. The molecule has 1 aliphatic carbocycles. The summed E-state index contributed by atoms with van der Waals surface area (Å²) in [6.07, 6.45) is 1.07. The van der Waals surface area contributed by atoms with Gasteiger partial charge in [0.05, 0.1) is 18.6 Å². The minimum absolute atomic E-state index is 0.131. The van der Waals surface area contributed by atoms with Crippen molar-refractivity contribution < 1.29 is 24.2 Å². The highest BCUT2D eigenvalue weighted by atomic mass is 16.5. The summed E-state index contributed by atoms with van der Waals surface area (Å²) in [6.45, 7) is 5.50. The fourth-order valence-corrected chi connectivity index (χ4v) is 3.19. The highest BCUT2D eigenvalue weighted by molar-refractivity contribution is 5.88. The summed E-state index contributed by atoms with van der Waals surface area (Å²) in [6, 6.07) is 7.03. The van der Waals surface area contributed by atoms with Crippen LogP contribution in [0.25, 0.3) is 0 Å². The second-order valence-electron chi connectivity index (χ2n) is 6.54. The Bertz CT molecular complexity index is 586. The van der Waals surface area contributed by atoms with Gasteiger partial charge in [0, 0.05) is 12.6 Å². The molecule has 4 atom stereocenters. The molecule has 2 rings (SSSR count). The number of anilines is 1. The predicted octanol–water partition coefficient (Wildman–Crippen LogP) is 2.75. The lowest BCUT2D eigenvalue weighted by atomic mass is 9.78. The number of hydrogen-bond acceptors (Lipinski definition) is 5. The fourth-order valence-electron chi connectivity index (χ4n) is 3.19. The molecule has 2 N–H and O–H groups in total. The van der Waals surface area contributed by atoms with E-state index in [0.29, 0.717) is 30.9 Å². The molecule has 0 aliphatic heterocycles. The molecule has 6 nitrogen and oxygen atoms in total. The molecule has 0 bridgehead atoms. The van der Waals surface area contributed by atoms with Crippen molar-refractivity contribution in [2.45, 2.75) is 52.2 Å². The first-order valence-electron chi connectivity index (χ1n) is 8.79. The summed E-state index contributed by atoms with van der Waals surface area (Å²) in [4.78, 5) is 23.0. The SMILES string of the molecule is CCOC(=O)C(C)C1CCC(O)C(Oc2ccc(NC(C)=O)cc2)C1. The van der Waals surface area contributed by atoms with E-state index in [1.807, 2.05) is 6.92 Å². The zero-order valence-corrected chi connectivity index (χ0v) is 15.0. The molecule has 1 aliphatic rings. The predicted molar refractivity (Wildman–Crippen MR) is 94.3 cm³/mol. The average Bonchev–Trinajstić information content (AvgIpc) is 2.57. The molecular formula is C19H27NO5. The highest BCUT2D eigenvalue weighted by Crippen LogP contribution is 2.33. The lowest BCUT2D eigenvalue weighted by molar-refractivity contribution is -0.150. The monoisotopic (exact) mass is 349 g/mol. The third kappa shape index (κ3) is 5.46. The molecule has 25 heavy (non-hydrogen) atoms. The Morgan fingerprint density at radius 1 is 1.28 bits per heavy atom. The zero-order chi connectivity index (χ0) is 18.4. The Kier molecular flexibility index (Phi) is 6.82. The number of carbonyl (C=O) groups excluding carboxylic acids is 2. The van der Waals surface area contributed by atoms with E-state index in [1.165, 1.54) is 6.92 Å².